The fourth-order valence-corrected chi connectivity index (χ4v) is 3.43. The normalized spacial score (nSPS) is 28.0. The molecular weight excluding hydrogens is 222 g/mol. The highest BCUT2D eigenvalue weighted by atomic mass is 32.2. The minimum atomic E-state index is -3.03. The van der Waals surface area contributed by atoms with Gasteiger partial charge in [0, 0.05) is 6.04 Å². The van der Waals surface area contributed by atoms with Gasteiger partial charge in [-0.1, -0.05) is 27.2 Å². The Morgan fingerprint density at radius 3 is 2.06 bits per heavy atom. The lowest BCUT2D eigenvalue weighted by molar-refractivity contribution is 0.142. The van der Waals surface area contributed by atoms with Crippen LogP contribution in [0.25, 0.3) is 0 Å². The molecule has 0 radical (unpaired) electrons. The first-order valence-electron chi connectivity index (χ1n) is 6.22. The summed E-state index contributed by atoms with van der Waals surface area (Å²) in [5, 5.41) is 0. The molecule has 1 N–H and O–H groups in total. The van der Waals surface area contributed by atoms with Gasteiger partial charge in [0.15, 0.2) is 0 Å². The van der Waals surface area contributed by atoms with Crippen molar-refractivity contribution in [2.45, 2.75) is 58.9 Å². The van der Waals surface area contributed by atoms with Gasteiger partial charge in [-0.3, -0.25) is 0 Å². The Bertz CT molecular complexity index is 314. The Labute approximate surface area is 100 Å². The number of hydrogen-bond donors (Lipinski definition) is 1. The van der Waals surface area contributed by atoms with Crippen LogP contribution in [0.4, 0.5) is 0 Å². The number of rotatable bonds is 4. The van der Waals surface area contributed by atoms with Crippen molar-refractivity contribution in [2.24, 2.45) is 11.3 Å². The maximum atomic E-state index is 11.1. The molecule has 0 unspecified atom stereocenters. The third kappa shape index (κ3) is 4.06. The van der Waals surface area contributed by atoms with E-state index in [1.54, 1.807) is 0 Å². The van der Waals surface area contributed by atoms with Crippen LogP contribution in [0, 0.1) is 11.3 Å². The molecular formula is C12H25NO2S. The quantitative estimate of drug-likeness (QED) is 0.830. The van der Waals surface area contributed by atoms with Gasteiger partial charge in [0.05, 0.1) is 6.26 Å². The van der Waals surface area contributed by atoms with Crippen LogP contribution >= 0.6 is 0 Å². The molecule has 0 aromatic heterocycles. The molecule has 1 aliphatic carbocycles. The minimum Gasteiger partial charge on any atom is -0.213 e. The Morgan fingerprint density at radius 1 is 1.19 bits per heavy atom. The van der Waals surface area contributed by atoms with E-state index in [1.165, 1.54) is 12.7 Å². The van der Waals surface area contributed by atoms with Gasteiger partial charge in [-0.2, -0.15) is 0 Å². The van der Waals surface area contributed by atoms with Gasteiger partial charge < -0.3 is 0 Å². The molecule has 0 aromatic rings. The molecule has 0 amide bonds. The first-order chi connectivity index (χ1) is 7.24. The molecule has 1 saturated carbocycles. The molecule has 3 nitrogen and oxygen atoms in total. The maximum absolute atomic E-state index is 11.1. The molecule has 96 valence electrons. The van der Waals surface area contributed by atoms with Crippen LogP contribution < -0.4 is 4.72 Å². The second kappa shape index (κ2) is 5.05. The van der Waals surface area contributed by atoms with E-state index < -0.39 is 10.0 Å². The zero-order valence-electron chi connectivity index (χ0n) is 10.9. The predicted molar refractivity (Wildman–Crippen MR) is 67.8 cm³/mol. The molecule has 0 spiro atoms. The first kappa shape index (κ1) is 14.0. The van der Waals surface area contributed by atoms with Gasteiger partial charge >= 0.3 is 0 Å². The highest BCUT2D eigenvalue weighted by Crippen LogP contribution is 2.40. The van der Waals surface area contributed by atoms with Crippen LogP contribution in [-0.2, 0) is 10.0 Å². The molecule has 0 bridgehead atoms. The standard InChI is InChI=1S/C12H25NO2S/c1-5-12(2,3)10-6-8-11(9-7-10)13-16(4,14)15/h10-11,13H,5-9H2,1-4H3. The molecule has 0 aliphatic heterocycles. The average molecular weight is 247 g/mol. The summed E-state index contributed by atoms with van der Waals surface area (Å²) in [7, 11) is -3.03. The van der Waals surface area contributed by atoms with Gasteiger partial charge in [0.1, 0.15) is 0 Å². The smallest absolute Gasteiger partial charge is 0.208 e. The summed E-state index contributed by atoms with van der Waals surface area (Å²) in [5.41, 5.74) is 0.399. The van der Waals surface area contributed by atoms with E-state index in [0.717, 1.165) is 31.6 Å². The lowest BCUT2D eigenvalue weighted by Crippen LogP contribution is -2.39. The van der Waals surface area contributed by atoms with Crippen molar-refractivity contribution in [1.29, 1.82) is 0 Å². The van der Waals surface area contributed by atoms with Gasteiger partial charge in [-0.15, -0.1) is 0 Å². The van der Waals surface area contributed by atoms with Crippen LogP contribution in [0.2, 0.25) is 0 Å². The van der Waals surface area contributed by atoms with Crippen LogP contribution in [-0.4, -0.2) is 20.7 Å². The lowest BCUT2D eigenvalue weighted by Gasteiger charge is -2.38. The molecule has 0 saturated heterocycles. The van der Waals surface area contributed by atoms with Crippen LogP contribution in [0.1, 0.15) is 52.9 Å². The molecule has 0 heterocycles. The van der Waals surface area contributed by atoms with Crippen LogP contribution in [0.15, 0.2) is 0 Å². The first-order valence-corrected chi connectivity index (χ1v) is 8.11. The monoisotopic (exact) mass is 247 g/mol. The summed E-state index contributed by atoms with van der Waals surface area (Å²) in [6.07, 6.45) is 6.71. The fourth-order valence-electron chi connectivity index (χ4n) is 2.58. The molecule has 16 heavy (non-hydrogen) atoms. The summed E-state index contributed by atoms with van der Waals surface area (Å²) in [6.45, 7) is 6.88. The number of nitrogens with one attached hydrogen (secondary N) is 1. The van der Waals surface area contributed by atoms with Crippen molar-refractivity contribution in [1.82, 2.24) is 4.72 Å². The van der Waals surface area contributed by atoms with E-state index in [0.29, 0.717) is 5.41 Å². The van der Waals surface area contributed by atoms with Crippen molar-refractivity contribution in [3.63, 3.8) is 0 Å². The van der Waals surface area contributed by atoms with Crippen molar-refractivity contribution >= 4 is 10.0 Å². The fraction of sp³-hybridized carbons (Fsp3) is 1.00. The Kier molecular flexibility index (Phi) is 4.41. The molecule has 1 fully saturated rings. The summed E-state index contributed by atoms with van der Waals surface area (Å²) in [5.74, 6) is 0.745. The van der Waals surface area contributed by atoms with Crippen LogP contribution in [0.5, 0.6) is 0 Å². The minimum absolute atomic E-state index is 0.166. The van der Waals surface area contributed by atoms with Crippen molar-refractivity contribution in [2.75, 3.05) is 6.26 Å². The van der Waals surface area contributed by atoms with Gasteiger partial charge in [-0.05, 0) is 37.0 Å². The summed E-state index contributed by atoms with van der Waals surface area (Å²) in [6, 6.07) is 0.166. The van der Waals surface area contributed by atoms with E-state index >= 15 is 0 Å². The topological polar surface area (TPSA) is 46.2 Å². The highest BCUT2D eigenvalue weighted by Gasteiger charge is 2.32. The average Bonchev–Trinajstić information content (AvgIpc) is 2.16. The molecule has 1 rings (SSSR count). The summed E-state index contributed by atoms with van der Waals surface area (Å²) < 4.78 is 25.0. The second-order valence-corrected chi connectivity index (χ2v) is 7.56. The Balaban J connectivity index is 2.46. The van der Waals surface area contributed by atoms with E-state index in [-0.39, 0.29) is 6.04 Å². The van der Waals surface area contributed by atoms with Gasteiger partial charge in [-0.25, -0.2) is 13.1 Å². The molecule has 0 atom stereocenters. The third-order valence-electron chi connectivity index (χ3n) is 4.12. The van der Waals surface area contributed by atoms with E-state index in [2.05, 4.69) is 25.5 Å². The number of hydrogen-bond acceptors (Lipinski definition) is 2. The molecule has 1 aliphatic rings. The Hall–Kier alpha value is -0.0900. The van der Waals surface area contributed by atoms with Gasteiger partial charge in [0.25, 0.3) is 0 Å². The van der Waals surface area contributed by atoms with E-state index in [9.17, 15) is 8.42 Å². The van der Waals surface area contributed by atoms with Gasteiger partial charge in [0.2, 0.25) is 10.0 Å². The Morgan fingerprint density at radius 2 is 1.69 bits per heavy atom. The second-order valence-electron chi connectivity index (χ2n) is 5.78. The largest absolute Gasteiger partial charge is 0.213 e. The van der Waals surface area contributed by atoms with E-state index in [1.807, 2.05) is 0 Å². The van der Waals surface area contributed by atoms with Crippen LogP contribution in [0.3, 0.4) is 0 Å². The van der Waals surface area contributed by atoms with E-state index in [4.69, 9.17) is 0 Å². The zero-order valence-corrected chi connectivity index (χ0v) is 11.7. The third-order valence-corrected chi connectivity index (χ3v) is 4.89. The highest BCUT2D eigenvalue weighted by molar-refractivity contribution is 7.88. The molecule has 4 heteroatoms. The zero-order chi connectivity index (χ0) is 12.4. The predicted octanol–water partition coefficient (Wildman–Crippen LogP) is 2.53. The van der Waals surface area contributed by atoms with Crippen molar-refractivity contribution < 1.29 is 8.42 Å². The summed E-state index contributed by atoms with van der Waals surface area (Å²) in [4.78, 5) is 0. The van der Waals surface area contributed by atoms with Crippen molar-refractivity contribution in [3.05, 3.63) is 0 Å². The lowest BCUT2D eigenvalue weighted by atomic mass is 9.69. The maximum Gasteiger partial charge on any atom is 0.208 e. The SMILES string of the molecule is CCC(C)(C)C1CCC(NS(C)(=O)=O)CC1. The number of sulfonamides is 1. The molecule has 0 aromatic carbocycles. The van der Waals surface area contributed by atoms with Crippen molar-refractivity contribution in [3.8, 4) is 0 Å². The summed E-state index contributed by atoms with van der Waals surface area (Å²) >= 11 is 0.